The maximum Gasteiger partial charge on any atom is 0.178 e. The Morgan fingerprint density at radius 1 is 0.875 bits per heavy atom. The van der Waals surface area contributed by atoms with E-state index >= 15 is 0 Å². The minimum atomic E-state index is -0.804. The lowest BCUT2D eigenvalue weighted by Crippen LogP contribution is -2.21. The van der Waals surface area contributed by atoms with Crippen molar-refractivity contribution in [2.75, 3.05) is 33.0 Å². The van der Waals surface area contributed by atoms with Gasteiger partial charge in [-0.05, 0) is 12.8 Å². The normalized spacial score (nSPS) is 12.9. The zero-order chi connectivity index (χ0) is 12.1. The second-order valence-corrected chi connectivity index (χ2v) is 3.72. The van der Waals surface area contributed by atoms with Crippen LogP contribution in [0.2, 0.25) is 0 Å². The Balaban J connectivity index is 3.06. The van der Waals surface area contributed by atoms with Gasteiger partial charge in [-0.3, -0.25) is 0 Å². The van der Waals surface area contributed by atoms with Gasteiger partial charge in [-0.1, -0.05) is 26.7 Å². The molecule has 0 spiro atoms. The van der Waals surface area contributed by atoms with E-state index < -0.39 is 6.29 Å². The first-order valence-electron chi connectivity index (χ1n) is 6.26. The second kappa shape index (κ2) is 12.9. The molecule has 0 aliphatic heterocycles. The molecule has 0 aromatic carbocycles. The zero-order valence-electron chi connectivity index (χ0n) is 10.6. The van der Waals surface area contributed by atoms with Crippen molar-refractivity contribution >= 4 is 0 Å². The lowest BCUT2D eigenvalue weighted by Gasteiger charge is -2.12. The molecule has 0 rings (SSSR count). The molecule has 0 saturated carbocycles. The van der Waals surface area contributed by atoms with E-state index in [4.69, 9.17) is 14.2 Å². The smallest absolute Gasteiger partial charge is 0.178 e. The van der Waals surface area contributed by atoms with Crippen LogP contribution in [0.5, 0.6) is 0 Å². The molecule has 1 atom stereocenters. The highest BCUT2D eigenvalue weighted by Gasteiger charge is 2.02. The van der Waals surface area contributed by atoms with Gasteiger partial charge in [0, 0.05) is 13.2 Å². The summed E-state index contributed by atoms with van der Waals surface area (Å²) >= 11 is 0. The molecule has 0 aliphatic rings. The van der Waals surface area contributed by atoms with E-state index in [0.29, 0.717) is 19.8 Å². The van der Waals surface area contributed by atoms with Crippen LogP contribution < -0.4 is 0 Å². The number of hydrogen-bond acceptors (Lipinski definition) is 4. The molecule has 4 heteroatoms. The van der Waals surface area contributed by atoms with E-state index in [-0.39, 0.29) is 6.61 Å². The van der Waals surface area contributed by atoms with E-state index in [9.17, 15) is 5.11 Å². The van der Waals surface area contributed by atoms with Crippen LogP contribution in [0, 0.1) is 0 Å². The number of aliphatic hydroxyl groups excluding tert-OH is 1. The fourth-order valence-corrected chi connectivity index (χ4v) is 1.06. The SMILES string of the molecule is CCCCOCCOCC(O)OCCCC. The van der Waals surface area contributed by atoms with Gasteiger partial charge in [-0.2, -0.15) is 0 Å². The Morgan fingerprint density at radius 2 is 1.50 bits per heavy atom. The summed E-state index contributed by atoms with van der Waals surface area (Å²) in [6.07, 6.45) is 3.46. The van der Waals surface area contributed by atoms with Crippen LogP contribution in [0.25, 0.3) is 0 Å². The van der Waals surface area contributed by atoms with Gasteiger partial charge in [0.05, 0.1) is 19.8 Å². The minimum absolute atomic E-state index is 0.223. The first-order valence-corrected chi connectivity index (χ1v) is 6.26. The summed E-state index contributed by atoms with van der Waals surface area (Å²) in [6.45, 7) is 6.91. The Bertz CT molecular complexity index is 130. The van der Waals surface area contributed by atoms with Crippen molar-refractivity contribution in [1.29, 1.82) is 0 Å². The molecule has 0 bridgehead atoms. The minimum Gasteiger partial charge on any atom is -0.379 e. The molecule has 0 heterocycles. The van der Waals surface area contributed by atoms with Gasteiger partial charge in [0.1, 0.15) is 0 Å². The van der Waals surface area contributed by atoms with E-state index in [1.807, 2.05) is 0 Å². The first kappa shape index (κ1) is 15.8. The van der Waals surface area contributed by atoms with Crippen LogP contribution >= 0.6 is 0 Å². The summed E-state index contributed by atoms with van der Waals surface area (Å²) in [4.78, 5) is 0. The summed E-state index contributed by atoms with van der Waals surface area (Å²) in [6, 6.07) is 0. The van der Waals surface area contributed by atoms with E-state index in [2.05, 4.69) is 13.8 Å². The summed E-state index contributed by atoms with van der Waals surface area (Å²) in [5, 5.41) is 9.33. The first-order chi connectivity index (χ1) is 7.81. The van der Waals surface area contributed by atoms with Gasteiger partial charge >= 0.3 is 0 Å². The van der Waals surface area contributed by atoms with Crippen molar-refractivity contribution in [1.82, 2.24) is 0 Å². The highest BCUT2D eigenvalue weighted by atomic mass is 16.6. The molecule has 0 aromatic heterocycles. The fourth-order valence-electron chi connectivity index (χ4n) is 1.06. The van der Waals surface area contributed by atoms with Gasteiger partial charge in [-0.25, -0.2) is 0 Å². The van der Waals surface area contributed by atoms with Crippen molar-refractivity contribution < 1.29 is 19.3 Å². The molecule has 16 heavy (non-hydrogen) atoms. The number of unbranched alkanes of at least 4 members (excludes halogenated alkanes) is 2. The lowest BCUT2D eigenvalue weighted by molar-refractivity contribution is -0.141. The molecule has 1 unspecified atom stereocenters. The van der Waals surface area contributed by atoms with Crippen molar-refractivity contribution in [3.63, 3.8) is 0 Å². The van der Waals surface area contributed by atoms with Gasteiger partial charge in [0.25, 0.3) is 0 Å². The largest absolute Gasteiger partial charge is 0.379 e. The molecule has 0 amide bonds. The third-order valence-corrected chi connectivity index (χ3v) is 2.08. The highest BCUT2D eigenvalue weighted by Crippen LogP contribution is 1.94. The molecule has 4 nitrogen and oxygen atoms in total. The average Bonchev–Trinajstić information content (AvgIpc) is 2.28. The van der Waals surface area contributed by atoms with Crippen LogP contribution in [-0.2, 0) is 14.2 Å². The Kier molecular flexibility index (Phi) is 12.8. The van der Waals surface area contributed by atoms with Gasteiger partial charge in [0.2, 0.25) is 0 Å². The average molecular weight is 234 g/mol. The van der Waals surface area contributed by atoms with Crippen LogP contribution in [0.15, 0.2) is 0 Å². The molecule has 98 valence electrons. The van der Waals surface area contributed by atoms with Gasteiger partial charge < -0.3 is 19.3 Å². The monoisotopic (exact) mass is 234 g/mol. The van der Waals surface area contributed by atoms with Crippen LogP contribution in [0.1, 0.15) is 39.5 Å². The maximum absolute atomic E-state index is 9.33. The third kappa shape index (κ3) is 11.9. The molecular formula is C12H26O4. The summed E-state index contributed by atoms with van der Waals surface area (Å²) < 4.78 is 15.6. The summed E-state index contributed by atoms with van der Waals surface area (Å²) in [7, 11) is 0. The number of ether oxygens (including phenoxy) is 3. The molecule has 0 fully saturated rings. The molecule has 0 aliphatic carbocycles. The van der Waals surface area contributed by atoms with E-state index in [0.717, 1.165) is 32.3 Å². The summed E-state index contributed by atoms with van der Waals surface area (Å²) in [5.41, 5.74) is 0. The van der Waals surface area contributed by atoms with Crippen molar-refractivity contribution in [3.05, 3.63) is 0 Å². The number of hydrogen-bond donors (Lipinski definition) is 1. The quantitative estimate of drug-likeness (QED) is 0.414. The molecule has 0 radical (unpaired) electrons. The topological polar surface area (TPSA) is 47.9 Å². The molecule has 1 N–H and O–H groups in total. The van der Waals surface area contributed by atoms with Crippen molar-refractivity contribution in [2.24, 2.45) is 0 Å². The highest BCUT2D eigenvalue weighted by molar-refractivity contribution is 4.40. The standard InChI is InChI=1S/C12H26O4/c1-3-5-7-14-9-10-15-11-12(13)16-8-6-4-2/h12-13H,3-11H2,1-2H3. The Labute approximate surface area is 98.9 Å². The predicted octanol–water partition coefficient (Wildman–Crippen LogP) is 1.95. The van der Waals surface area contributed by atoms with Crippen molar-refractivity contribution in [2.45, 2.75) is 45.8 Å². The summed E-state index contributed by atoms with van der Waals surface area (Å²) in [5.74, 6) is 0. The number of rotatable bonds is 12. The van der Waals surface area contributed by atoms with E-state index in [1.165, 1.54) is 0 Å². The van der Waals surface area contributed by atoms with Crippen molar-refractivity contribution in [3.8, 4) is 0 Å². The molecular weight excluding hydrogens is 208 g/mol. The van der Waals surface area contributed by atoms with Gasteiger partial charge in [-0.15, -0.1) is 0 Å². The van der Waals surface area contributed by atoms with Gasteiger partial charge in [0.15, 0.2) is 6.29 Å². The third-order valence-electron chi connectivity index (χ3n) is 2.08. The fraction of sp³-hybridized carbons (Fsp3) is 1.00. The van der Waals surface area contributed by atoms with Crippen LogP contribution in [0.3, 0.4) is 0 Å². The molecule has 0 aromatic rings. The lowest BCUT2D eigenvalue weighted by atomic mass is 10.4. The maximum atomic E-state index is 9.33. The van der Waals surface area contributed by atoms with E-state index in [1.54, 1.807) is 0 Å². The van der Waals surface area contributed by atoms with Crippen LogP contribution in [0.4, 0.5) is 0 Å². The van der Waals surface area contributed by atoms with Crippen LogP contribution in [-0.4, -0.2) is 44.4 Å². The molecule has 0 saturated heterocycles. The second-order valence-electron chi connectivity index (χ2n) is 3.72. The Morgan fingerprint density at radius 3 is 2.19 bits per heavy atom. The zero-order valence-corrected chi connectivity index (χ0v) is 10.6. The number of aliphatic hydroxyl groups is 1. The Hall–Kier alpha value is -0.160. The predicted molar refractivity (Wildman–Crippen MR) is 63.4 cm³/mol.